The Kier molecular flexibility index (Phi) is 4.87. The highest BCUT2D eigenvalue weighted by Gasteiger charge is 2.26. The van der Waals surface area contributed by atoms with Crippen molar-refractivity contribution in [3.05, 3.63) is 29.8 Å². The van der Waals surface area contributed by atoms with E-state index in [1.54, 1.807) is 0 Å². The maximum atomic E-state index is 10.6. The molecule has 0 radical (unpaired) electrons. The van der Waals surface area contributed by atoms with Gasteiger partial charge in [-0.2, -0.15) is 0 Å². The normalized spacial score (nSPS) is 25.1. The zero-order chi connectivity index (χ0) is 13.8. The molecule has 1 fully saturated rings. The number of aliphatic hydroxyl groups is 1. The van der Waals surface area contributed by atoms with Crippen molar-refractivity contribution in [3.8, 4) is 0 Å². The Morgan fingerprint density at radius 3 is 2.47 bits per heavy atom. The minimum atomic E-state index is -0.294. The van der Waals surface area contributed by atoms with Gasteiger partial charge in [0.15, 0.2) is 0 Å². The first kappa shape index (κ1) is 14.4. The third-order valence-corrected chi connectivity index (χ3v) is 4.64. The highest BCUT2D eigenvalue weighted by atomic mass is 16.3. The van der Waals surface area contributed by atoms with Gasteiger partial charge in [-0.15, -0.1) is 0 Å². The smallest absolute Gasteiger partial charge is 0.0818 e. The Labute approximate surface area is 117 Å². The lowest BCUT2D eigenvalue weighted by atomic mass is 9.77. The summed E-state index contributed by atoms with van der Waals surface area (Å²) in [4.78, 5) is 2.09. The molecule has 1 unspecified atom stereocenters. The van der Waals surface area contributed by atoms with Crippen molar-refractivity contribution in [3.63, 3.8) is 0 Å². The summed E-state index contributed by atoms with van der Waals surface area (Å²) < 4.78 is 0. The SMILES string of the molecule is CCC1CCC(C(O)c2cccc(N(C)C)c2)CC1. The fourth-order valence-corrected chi connectivity index (χ4v) is 3.17. The lowest BCUT2D eigenvalue weighted by Gasteiger charge is -2.31. The summed E-state index contributed by atoms with van der Waals surface area (Å²) >= 11 is 0. The summed E-state index contributed by atoms with van der Waals surface area (Å²) in [6.07, 6.45) is 5.91. The third kappa shape index (κ3) is 3.50. The van der Waals surface area contributed by atoms with Crippen LogP contribution in [0, 0.1) is 11.8 Å². The molecule has 2 heteroatoms. The maximum Gasteiger partial charge on any atom is 0.0818 e. The molecule has 2 nitrogen and oxygen atoms in total. The van der Waals surface area contributed by atoms with Crippen LogP contribution in [0.5, 0.6) is 0 Å². The Hall–Kier alpha value is -1.02. The van der Waals surface area contributed by atoms with Crippen LogP contribution >= 0.6 is 0 Å². The van der Waals surface area contributed by atoms with Gasteiger partial charge in [0.2, 0.25) is 0 Å². The highest BCUT2D eigenvalue weighted by Crippen LogP contribution is 2.38. The lowest BCUT2D eigenvalue weighted by molar-refractivity contribution is 0.0730. The fourth-order valence-electron chi connectivity index (χ4n) is 3.17. The van der Waals surface area contributed by atoms with Gasteiger partial charge in [0, 0.05) is 19.8 Å². The van der Waals surface area contributed by atoms with Crippen molar-refractivity contribution in [1.29, 1.82) is 0 Å². The molecule has 0 spiro atoms. The number of hydrogen-bond acceptors (Lipinski definition) is 2. The molecule has 0 heterocycles. The third-order valence-electron chi connectivity index (χ3n) is 4.64. The van der Waals surface area contributed by atoms with E-state index in [0.717, 1.165) is 11.5 Å². The molecule has 0 aliphatic heterocycles. The fraction of sp³-hybridized carbons (Fsp3) is 0.647. The van der Waals surface area contributed by atoms with E-state index >= 15 is 0 Å². The summed E-state index contributed by atoms with van der Waals surface area (Å²) in [7, 11) is 4.08. The standard InChI is InChI=1S/C17H27NO/c1-4-13-8-10-14(11-9-13)17(19)15-6-5-7-16(12-15)18(2)3/h5-7,12-14,17,19H,4,8-11H2,1-3H3. The van der Waals surface area contributed by atoms with Gasteiger partial charge >= 0.3 is 0 Å². The number of rotatable bonds is 4. The molecule has 0 saturated heterocycles. The van der Waals surface area contributed by atoms with Crippen molar-refractivity contribution < 1.29 is 5.11 Å². The maximum absolute atomic E-state index is 10.6. The first-order chi connectivity index (χ1) is 9.11. The summed E-state index contributed by atoms with van der Waals surface area (Å²) in [5.41, 5.74) is 2.24. The van der Waals surface area contributed by atoms with E-state index in [1.807, 2.05) is 20.2 Å². The second-order valence-electron chi connectivity index (χ2n) is 6.12. The largest absolute Gasteiger partial charge is 0.388 e. The first-order valence-corrected chi connectivity index (χ1v) is 7.57. The van der Waals surface area contributed by atoms with E-state index in [9.17, 15) is 5.11 Å². The minimum absolute atomic E-state index is 0.294. The van der Waals surface area contributed by atoms with E-state index in [0.29, 0.717) is 5.92 Å². The van der Waals surface area contributed by atoms with Gasteiger partial charge in [-0.3, -0.25) is 0 Å². The molecule has 1 N–H and O–H groups in total. The molecule has 1 aliphatic rings. The molecular weight excluding hydrogens is 234 g/mol. The van der Waals surface area contributed by atoms with Gasteiger partial charge in [0.25, 0.3) is 0 Å². The summed E-state index contributed by atoms with van der Waals surface area (Å²) in [6.45, 7) is 2.28. The topological polar surface area (TPSA) is 23.5 Å². The summed E-state index contributed by atoms with van der Waals surface area (Å²) in [5.74, 6) is 1.33. The molecular formula is C17H27NO. The predicted molar refractivity (Wildman–Crippen MR) is 81.5 cm³/mol. The van der Waals surface area contributed by atoms with Crippen molar-refractivity contribution in [2.24, 2.45) is 11.8 Å². The van der Waals surface area contributed by atoms with Gasteiger partial charge in [-0.1, -0.05) is 38.3 Å². The van der Waals surface area contributed by atoms with Crippen LogP contribution in [-0.4, -0.2) is 19.2 Å². The molecule has 1 aromatic carbocycles. The van der Waals surface area contributed by atoms with Crippen LogP contribution in [0.1, 0.15) is 50.7 Å². The van der Waals surface area contributed by atoms with Gasteiger partial charge in [0.05, 0.1) is 6.10 Å². The van der Waals surface area contributed by atoms with Crippen LogP contribution in [0.15, 0.2) is 24.3 Å². The Balaban J connectivity index is 2.03. The highest BCUT2D eigenvalue weighted by molar-refractivity contribution is 5.47. The van der Waals surface area contributed by atoms with Crippen molar-refractivity contribution in [1.82, 2.24) is 0 Å². The van der Waals surface area contributed by atoms with E-state index in [2.05, 4.69) is 30.0 Å². The molecule has 19 heavy (non-hydrogen) atoms. The molecule has 2 rings (SSSR count). The number of benzene rings is 1. The molecule has 1 aliphatic carbocycles. The second kappa shape index (κ2) is 6.42. The van der Waals surface area contributed by atoms with Crippen LogP contribution in [0.25, 0.3) is 0 Å². The average molecular weight is 261 g/mol. The van der Waals surface area contributed by atoms with Gasteiger partial charge in [0.1, 0.15) is 0 Å². The van der Waals surface area contributed by atoms with Crippen LogP contribution in [-0.2, 0) is 0 Å². The zero-order valence-electron chi connectivity index (χ0n) is 12.5. The number of nitrogens with zero attached hydrogens (tertiary/aromatic N) is 1. The molecule has 1 saturated carbocycles. The average Bonchev–Trinajstić information content (AvgIpc) is 2.46. The van der Waals surface area contributed by atoms with Gasteiger partial charge in [-0.25, -0.2) is 0 Å². The summed E-state index contributed by atoms with van der Waals surface area (Å²) in [5, 5.41) is 10.6. The van der Waals surface area contributed by atoms with E-state index < -0.39 is 0 Å². The lowest BCUT2D eigenvalue weighted by Crippen LogP contribution is -2.20. The van der Waals surface area contributed by atoms with Crippen molar-refractivity contribution in [2.75, 3.05) is 19.0 Å². The Morgan fingerprint density at radius 2 is 1.89 bits per heavy atom. The minimum Gasteiger partial charge on any atom is -0.388 e. The molecule has 0 bridgehead atoms. The van der Waals surface area contributed by atoms with Crippen LogP contribution < -0.4 is 4.90 Å². The zero-order valence-corrected chi connectivity index (χ0v) is 12.5. The van der Waals surface area contributed by atoms with E-state index in [1.165, 1.54) is 37.8 Å². The Bertz CT molecular complexity index is 394. The predicted octanol–water partition coefficient (Wildman–Crippen LogP) is 4.00. The van der Waals surface area contributed by atoms with Crippen LogP contribution in [0.2, 0.25) is 0 Å². The molecule has 0 aromatic heterocycles. The van der Waals surface area contributed by atoms with E-state index in [-0.39, 0.29) is 6.10 Å². The van der Waals surface area contributed by atoms with Gasteiger partial charge < -0.3 is 10.0 Å². The van der Waals surface area contributed by atoms with Gasteiger partial charge in [-0.05, 0) is 42.4 Å². The van der Waals surface area contributed by atoms with Crippen molar-refractivity contribution in [2.45, 2.75) is 45.1 Å². The first-order valence-electron chi connectivity index (χ1n) is 7.57. The molecule has 0 amide bonds. The van der Waals surface area contributed by atoms with E-state index in [4.69, 9.17) is 0 Å². The molecule has 1 aromatic rings. The monoisotopic (exact) mass is 261 g/mol. The second-order valence-corrected chi connectivity index (χ2v) is 6.12. The van der Waals surface area contributed by atoms with Crippen LogP contribution in [0.4, 0.5) is 5.69 Å². The summed E-state index contributed by atoms with van der Waals surface area (Å²) in [6, 6.07) is 8.32. The van der Waals surface area contributed by atoms with Crippen LogP contribution in [0.3, 0.4) is 0 Å². The Morgan fingerprint density at radius 1 is 1.21 bits per heavy atom. The molecule has 1 atom stereocenters. The quantitative estimate of drug-likeness (QED) is 0.885. The number of aliphatic hydroxyl groups excluding tert-OH is 1. The van der Waals surface area contributed by atoms with Crippen molar-refractivity contribution >= 4 is 5.69 Å². The number of anilines is 1. The number of hydrogen-bond donors (Lipinski definition) is 1. The molecule has 106 valence electrons.